The number of pyridine rings is 1. The minimum Gasteiger partial charge on any atom is -0.324 e. The van der Waals surface area contributed by atoms with Crippen molar-refractivity contribution >= 4 is 27.5 Å². The van der Waals surface area contributed by atoms with Gasteiger partial charge in [-0.15, -0.1) is 0 Å². The van der Waals surface area contributed by atoms with Gasteiger partial charge in [0.2, 0.25) is 5.91 Å². The molecular formula is C11H15BrN2O. The minimum atomic E-state index is -0.169. The van der Waals surface area contributed by atoms with E-state index in [0.717, 1.165) is 11.4 Å². The van der Waals surface area contributed by atoms with Crippen molar-refractivity contribution in [3.05, 3.63) is 24.0 Å². The van der Waals surface area contributed by atoms with E-state index in [2.05, 4.69) is 26.2 Å². The van der Waals surface area contributed by atoms with Gasteiger partial charge in [0.05, 0.1) is 16.2 Å². The Morgan fingerprint density at radius 1 is 1.53 bits per heavy atom. The lowest BCUT2D eigenvalue weighted by molar-refractivity contribution is -0.116. The summed E-state index contributed by atoms with van der Waals surface area (Å²) in [5.41, 5.74) is 1.60. The minimum absolute atomic E-state index is 0.0268. The molecule has 1 unspecified atom stereocenters. The molecule has 4 heteroatoms. The number of alkyl halides is 1. The first-order valence-electron chi connectivity index (χ1n) is 4.89. The van der Waals surface area contributed by atoms with Gasteiger partial charge in [-0.3, -0.25) is 9.78 Å². The molecule has 0 aromatic carbocycles. The lowest BCUT2D eigenvalue weighted by Crippen LogP contribution is -2.27. The summed E-state index contributed by atoms with van der Waals surface area (Å²) in [4.78, 5) is 15.7. The molecule has 0 fully saturated rings. The van der Waals surface area contributed by atoms with Gasteiger partial charge in [0.1, 0.15) is 0 Å². The van der Waals surface area contributed by atoms with Crippen LogP contribution < -0.4 is 5.32 Å². The van der Waals surface area contributed by atoms with Crippen molar-refractivity contribution in [1.29, 1.82) is 0 Å². The van der Waals surface area contributed by atoms with Crippen LogP contribution in [0.3, 0.4) is 0 Å². The first-order chi connectivity index (χ1) is 7.02. The van der Waals surface area contributed by atoms with Crippen LogP contribution in [-0.4, -0.2) is 15.7 Å². The van der Waals surface area contributed by atoms with Crippen LogP contribution in [0.2, 0.25) is 0 Å². The molecule has 1 heterocycles. The zero-order chi connectivity index (χ0) is 11.4. The van der Waals surface area contributed by atoms with E-state index in [1.54, 1.807) is 12.3 Å². The number of halogens is 1. The topological polar surface area (TPSA) is 42.0 Å². The van der Waals surface area contributed by atoms with Gasteiger partial charge in [-0.1, -0.05) is 29.8 Å². The average molecular weight is 271 g/mol. The monoisotopic (exact) mass is 270 g/mol. The van der Waals surface area contributed by atoms with E-state index in [0.29, 0.717) is 0 Å². The molecule has 0 bridgehead atoms. The smallest absolute Gasteiger partial charge is 0.238 e. The number of hydrogen-bond acceptors (Lipinski definition) is 2. The van der Waals surface area contributed by atoms with Crippen LogP contribution in [0.4, 0.5) is 5.69 Å². The Balaban J connectivity index is 2.71. The van der Waals surface area contributed by atoms with Crippen molar-refractivity contribution in [3.8, 4) is 0 Å². The summed E-state index contributed by atoms with van der Waals surface area (Å²) in [7, 11) is 0. The highest BCUT2D eigenvalue weighted by Crippen LogP contribution is 2.16. The summed E-state index contributed by atoms with van der Waals surface area (Å²) >= 11 is 3.36. The molecule has 0 aliphatic rings. The predicted octanol–water partition coefficient (Wildman–Crippen LogP) is 2.75. The Bertz CT molecular complexity index is 352. The number of nitrogens with zero attached hydrogens (tertiary/aromatic N) is 1. The van der Waals surface area contributed by atoms with E-state index in [1.165, 1.54) is 0 Å². The third-order valence-corrected chi connectivity index (χ3v) is 3.57. The van der Waals surface area contributed by atoms with Crippen molar-refractivity contribution in [2.75, 3.05) is 5.32 Å². The fraction of sp³-hybridized carbons (Fsp3) is 0.455. The second kappa shape index (κ2) is 5.26. The summed E-state index contributed by atoms with van der Waals surface area (Å²) in [5.74, 6) is 0.239. The second-order valence-electron chi connectivity index (χ2n) is 3.77. The maximum Gasteiger partial charge on any atom is 0.238 e. The molecule has 0 aliphatic heterocycles. The van der Waals surface area contributed by atoms with Crippen LogP contribution in [0.25, 0.3) is 0 Å². The van der Waals surface area contributed by atoms with E-state index in [1.807, 2.05) is 26.8 Å². The Kier molecular flexibility index (Phi) is 4.27. The van der Waals surface area contributed by atoms with E-state index < -0.39 is 0 Å². The van der Waals surface area contributed by atoms with Crippen LogP contribution in [0.1, 0.15) is 19.5 Å². The van der Waals surface area contributed by atoms with Crippen LogP contribution in [0.5, 0.6) is 0 Å². The number of anilines is 1. The van der Waals surface area contributed by atoms with Crippen molar-refractivity contribution in [1.82, 2.24) is 4.98 Å². The Morgan fingerprint density at radius 3 is 2.73 bits per heavy atom. The van der Waals surface area contributed by atoms with Gasteiger partial charge in [0.15, 0.2) is 0 Å². The first-order valence-corrected chi connectivity index (χ1v) is 5.80. The lowest BCUT2D eigenvalue weighted by Gasteiger charge is -2.14. The van der Waals surface area contributed by atoms with Crippen LogP contribution >= 0.6 is 15.9 Å². The van der Waals surface area contributed by atoms with E-state index in [4.69, 9.17) is 0 Å². The molecule has 0 aliphatic carbocycles. The standard InChI is InChI=1S/C11H15BrN2O/c1-7(2)10(12)11(15)14-9-5-4-6-13-8(9)3/h4-7,10H,1-3H3,(H,14,15). The largest absolute Gasteiger partial charge is 0.324 e. The number of aromatic nitrogens is 1. The Hall–Kier alpha value is -0.900. The zero-order valence-electron chi connectivity index (χ0n) is 9.12. The maximum absolute atomic E-state index is 11.7. The highest BCUT2D eigenvalue weighted by Gasteiger charge is 2.18. The molecule has 82 valence electrons. The van der Waals surface area contributed by atoms with Gasteiger partial charge in [0.25, 0.3) is 0 Å². The van der Waals surface area contributed by atoms with Crippen molar-refractivity contribution < 1.29 is 4.79 Å². The molecular weight excluding hydrogens is 256 g/mol. The normalized spacial score (nSPS) is 12.6. The fourth-order valence-corrected chi connectivity index (χ4v) is 1.24. The van der Waals surface area contributed by atoms with Gasteiger partial charge in [0, 0.05) is 6.20 Å². The molecule has 0 saturated heterocycles. The number of carbonyl (C=O) groups excluding carboxylic acids is 1. The molecule has 1 amide bonds. The molecule has 0 spiro atoms. The molecule has 1 N–H and O–H groups in total. The highest BCUT2D eigenvalue weighted by molar-refractivity contribution is 9.10. The highest BCUT2D eigenvalue weighted by atomic mass is 79.9. The van der Waals surface area contributed by atoms with E-state index in [9.17, 15) is 4.79 Å². The van der Waals surface area contributed by atoms with Crippen LogP contribution in [-0.2, 0) is 4.79 Å². The first kappa shape index (κ1) is 12.2. The summed E-state index contributed by atoms with van der Waals surface area (Å²) in [6, 6.07) is 3.65. The van der Waals surface area contributed by atoms with Gasteiger partial charge in [-0.25, -0.2) is 0 Å². The number of rotatable bonds is 3. The second-order valence-corrected chi connectivity index (χ2v) is 4.76. The molecule has 1 atom stereocenters. The van der Waals surface area contributed by atoms with Crippen LogP contribution in [0, 0.1) is 12.8 Å². The number of carbonyl (C=O) groups is 1. The molecule has 3 nitrogen and oxygen atoms in total. The SMILES string of the molecule is Cc1ncccc1NC(=O)C(Br)C(C)C. The molecule has 15 heavy (non-hydrogen) atoms. The van der Waals surface area contributed by atoms with Crippen molar-refractivity contribution in [2.24, 2.45) is 5.92 Å². The maximum atomic E-state index is 11.7. The quantitative estimate of drug-likeness (QED) is 0.859. The summed E-state index contributed by atoms with van der Waals surface area (Å²) < 4.78 is 0. The summed E-state index contributed by atoms with van der Waals surface area (Å²) in [6.07, 6.45) is 1.71. The summed E-state index contributed by atoms with van der Waals surface area (Å²) in [5, 5.41) is 2.84. The third kappa shape index (κ3) is 3.30. The Morgan fingerprint density at radius 2 is 2.20 bits per heavy atom. The number of aryl methyl sites for hydroxylation is 1. The average Bonchev–Trinajstić information content (AvgIpc) is 2.20. The van der Waals surface area contributed by atoms with E-state index in [-0.39, 0.29) is 16.7 Å². The number of amides is 1. The number of nitrogens with one attached hydrogen (secondary N) is 1. The van der Waals surface area contributed by atoms with Gasteiger partial charge in [-0.2, -0.15) is 0 Å². The molecule has 1 rings (SSSR count). The third-order valence-electron chi connectivity index (χ3n) is 2.10. The molecule has 0 saturated carbocycles. The molecule has 1 aromatic heterocycles. The lowest BCUT2D eigenvalue weighted by atomic mass is 10.1. The van der Waals surface area contributed by atoms with Gasteiger partial charge < -0.3 is 5.32 Å². The summed E-state index contributed by atoms with van der Waals surface area (Å²) in [6.45, 7) is 5.86. The van der Waals surface area contributed by atoms with Crippen LogP contribution in [0.15, 0.2) is 18.3 Å². The molecule has 1 aromatic rings. The Labute approximate surface area is 98.4 Å². The zero-order valence-corrected chi connectivity index (χ0v) is 10.7. The fourth-order valence-electron chi connectivity index (χ4n) is 1.12. The van der Waals surface area contributed by atoms with Crippen molar-refractivity contribution in [2.45, 2.75) is 25.6 Å². The predicted molar refractivity (Wildman–Crippen MR) is 65.2 cm³/mol. The van der Waals surface area contributed by atoms with Gasteiger partial charge in [-0.05, 0) is 25.0 Å². The number of hydrogen-bond donors (Lipinski definition) is 1. The molecule has 0 radical (unpaired) electrons. The van der Waals surface area contributed by atoms with Crippen molar-refractivity contribution in [3.63, 3.8) is 0 Å². The van der Waals surface area contributed by atoms with E-state index >= 15 is 0 Å². The van der Waals surface area contributed by atoms with Gasteiger partial charge >= 0.3 is 0 Å².